The number of alkyl halides is 3. The average molecular weight is 451 g/mol. The van der Waals surface area contributed by atoms with Crippen LogP contribution >= 0.6 is 0 Å². The van der Waals surface area contributed by atoms with Crippen LogP contribution in [0.2, 0.25) is 0 Å². The largest absolute Gasteiger partial charge is 0.408 e. The highest BCUT2D eigenvalue weighted by atomic mass is 19.4. The first-order valence-corrected chi connectivity index (χ1v) is 10.6. The molecular weight excluding hydrogens is 423 g/mol. The van der Waals surface area contributed by atoms with Gasteiger partial charge in [0.25, 0.3) is 0 Å². The number of anilines is 2. The number of hydrogen-bond acceptors (Lipinski definition) is 5. The molecule has 10 heteroatoms. The molecule has 7 nitrogen and oxygen atoms in total. The highest BCUT2D eigenvalue weighted by Gasteiger charge is 2.45. The zero-order chi connectivity index (χ0) is 23.3. The number of nitrogens with zero attached hydrogens (tertiary/aromatic N) is 2. The third-order valence-electron chi connectivity index (χ3n) is 5.57. The van der Waals surface area contributed by atoms with E-state index in [1.54, 1.807) is 25.4 Å². The maximum atomic E-state index is 13.4. The second-order valence-electron chi connectivity index (χ2n) is 8.06. The molecule has 0 aromatic carbocycles. The standard InChI is InChI=1S/C18H21F3N4O.C4H7NO/c1-11-10-23-15(22-2)9-13(11)12-7-16(24-17(26)8-12)25-6-4-3-5-14(25)18(19,20)21;6-3-5-4-1-2-4/h7-10,14H,3-6H2,1-2H3,(H,22,23)(H,24,26);3-4H,1-2H2,(H,5,6). The van der Waals surface area contributed by atoms with E-state index in [2.05, 4.69) is 20.6 Å². The van der Waals surface area contributed by atoms with Gasteiger partial charge in [-0.1, -0.05) is 0 Å². The number of H-pyrrole nitrogens is 1. The van der Waals surface area contributed by atoms with Gasteiger partial charge in [0.1, 0.15) is 17.7 Å². The van der Waals surface area contributed by atoms with Crippen molar-refractivity contribution < 1.29 is 18.0 Å². The van der Waals surface area contributed by atoms with E-state index in [1.165, 1.54) is 23.8 Å². The second kappa shape index (κ2) is 10.1. The molecule has 32 heavy (non-hydrogen) atoms. The molecule has 1 atom stereocenters. The van der Waals surface area contributed by atoms with Gasteiger partial charge in [0.15, 0.2) is 0 Å². The number of rotatable bonds is 5. The van der Waals surface area contributed by atoms with Crippen LogP contribution in [0, 0.1) is 6.92 Å². The van der Waals surface area contributed by atoms with Crippen molar-refractivity contribution in [3.05, 3.63) is 40.3 Å². The van der Waals surface area contributed by atoms with E-state index in [0.717, 1.165) is 17.5 Å². The molecule has 1 saturated carbocycles. The monoisotopic (exact) mass is 451 g/mol. The van der Waals surface area contributed by atoms with Gasteiger partial charge in [-0.25, -0.2) is 4.98 Å². The molecule has 2 aromatic rings. The lowest BCUT2D eigenvalue weighted by atomic mass is 10.00. The van der Waals surface area contributed by atoms with Crippen molar-refractivity contribution in [3.63, 3.8) is 0 Å². The summed E-state index contributed by atoms with van der Waals surface area (Å²) in [6.45, 7) is 2.11. The number of aromatic nitrogens is 2. The summed E-state index contributed by atoms with van der Waals surface area (Å²) in [6.07, 6.45) is 1.68. The van der Waals surface area contributed by atoms with Gasteiger partial charge in [0, 0.05) is 31.9 Å². The zero-order valence-corrected chi connectivity index (χ0v) is 18.1. The zero-order valence-electron chi connectivity index (χ0n) is 18.1. The number of piperidine rings is 1. The van der Waals surface area contributed by atoms with Gasteiger partial charge in [-0.15, -0.1) is 0 Å². The third-order valence-corrected chi connectivity index (χ3v) is 5.57. The van der Waals surface area contributed by atoms with Crippen molar-refractivity contribution in [1.82, 2.24) is 15.3 Å². The summed E-state index contributed by atoms with van der Waals surface area (Å²) >= 11 is 0. The van der Waals surface area contributed by atoms with Crippen LogP contribution in [0.3, 0.4) is 0 Å². The van der Waals surface area contributed by atoms with Crippen LogP contribution in [-0.4, -0.2) is 48.2 Å². The Morgan fingerprint density at radius 3 is 2.53 bits per heavy atom. The molecule has 3 N–H and O–H groups in total. The number of pyridine rings is 2. The minimum absolute atomic E-state index is 0.0357. The van der Waals surface area contributed by atoms with E-state index >= 15 is 0 Å². The summed E-state index contributed by atoms with van der Waals surface area (Å²) in [4.78, 5) is 29.7. The number of hydrogen-bond donors (Lipinski definition) is 3. The van der Waals surface area contributed by atoms with Gasteiger partial charge < -0.3 is 20.5 Å². The van der Waals surface area contributed by atoms with Gasteiger partial charge in [0.2, 0.25) is 12.0 Å². The molecule has 1 aliphatic carbocycles. The molecule has 0 spiro atoms. The Morgan fingerprint density at radius 1 is 1.19 bits per heavy atom. The molecule has 2 aromatic heterocycles. The van der Waals surface area contributed by atoms with E-state index < -0.39 is 17.8 Å². The Bertz CT molecular complexity index is 988. The highest BCUT2D eigenvalue weighted by molar-refractivity contribution is 5.72. The number of amides is 1. The van der Waals surface area contributed by atoms with Crippen molar-refractivity contribution in [2.24, 2.45) is 0 Å². The fourth-order valence-electron chi connectivity index (χ4n) is 3.72. The SMILES string of the molecule is CNc1cc(-c2cc(N3CCCCC3C(F)(F)F)[nH]c(=O)c2)c(C)cn1.O=CNC1CC1. The summed E-state index contributed by atoms with van der Waals surface area (Å²) < 4.78 is 40.2. The van der Waals surface area contributed by atoms with E-state index in [4.69, 9.17) is 0 Å². The first kappa shape index (κ1) is 23.6. The molecule has 2 aliphatic rings. The van der Waals surface area contributed by atoms with E-state index in [-0.39, 0.29) is 18.8 Å². The minimum Gasteiger partial charge on any atom is -0.373 e. The first-order chi connectivity index (χ1) is 15.2. The Labute approximate surface area is 184 Å². The van der Waals surface area contributed by atoms with E-state index in [1.807, 2.05) is 6.92 Å². The van der Waals surface area contributed by atoms with Crippen LogP contribution < -0.4 is 21.1 Å². The molecule has 1 amide bonds. The van der Waals surface area contributed by atoms with Gasteiger partial charge in [-0.05, 0) is 67.9 Å². The van der Waals surface area contributed by atoms with Gasteiger partial charge in [0.05, 0.1) is 0 Å². The van der Waals surface area contributed by atoms with Crippen molar-refractivity contribution in [3.8, 4) is 11.1 Å². The molecule has 1 aliphatic heterocycles. The molecule has 1 saturated heterocycles. The Hall–Kier alpha value is -3.04. The smallest absolute Gasteiger partial charge is 0.373 e. The maximum Gasteiger partial charge on any atom is 0.408 e. The van der Waals surface area contributed by atoms with Crippen LogP contribution in [0.25, 0.3) is 11.1 Å². The van der Waals surface area contributed by atoms with Crippen LogP contribution in [-0.2, 0) is 4.79 Å². The maximum absolute atomic E-state index is 13.4. The molecule has 4 rings (SSSR count). The lowest BCUT2D eigenvalue weighted by Crippen LogP contribution is -2.49. The highest BCUT2D eigenvalue weighted by Crippen LogP contribution is 2.35. The molecule has 3 heterocycles. The van der Waals surface area contributed by atoms with Crippen molar-refractivity contribution in [2.45, 2.75) is 57.3 Å². The topological polar surface area (TPSA) is 90.1 Å². The third kappa shape index (κ3) is 6.02. The quantitative estimate of drug-likeness (QED) is 0.605. The van der Waals surface area contributed by atoms with Gasteiger partial charge in [-0.3, -0.25) is 9.59 Å². The Morgan fingerprint density at radius 2 is 1.94 bits per heavy atom. The first-order valence-electron chi connectivity index (χ1n) is 10.6. The van der Waals surface area contributed by atoms with Crippen molar-refractivity contribution >= 4 is 18.0 Å². The number of nitrogens with one attached hydrogen (secondary N) is 3. The Kier molecular flexibility index (Phi) is 7.42. The van der Waals surface area contributed by atoms with E-state index in [9.17, 15) is 22.8 Å². The van der Waals surface area contributed by atoms with Crippen LogP contribution in [0.4, 0.5) is 24.8 Å². The summed E-state index contributed by atoms with van der Waals surface area (Å²) in [5, 5.41) is 5.57. The summed E-state index contributed by atoms with van der Waals surface area (Å²) in [5.41, 5.74) is 1.75. The minimum atomic E-state index is -4.33. The van der Waals surface area contributed by atoms with Gasteiger partial charge in [-0.2, -0.15) is 13.2 Å². The molecule has 1 unspecified atom stereocenters. The van der Waals surface area contributed by atoms with Crippen LogP contribution in [0.15, 0.2) is 29.2 Å². The normalized spacial score (nSPS) is 18.4. The van der Waals surface area contributed by atoms with Crippen molar-refractivity contribution in [2.75, 3.05) is 23.8 Å². The van der Waals surface area contributed by atoms with Crippen LogP contribution in [0.5, 0.6) is 0 Å². The molecule has 174 valence electrons. The van der Waals surface area contributed by atoms with Crippen LogP contribution in [0.1, 0.15) is 37.7 Å². The summed E-state index contributed by atoms with van der Waals surface area (Å²) in [7, 11) is 1.73. The van der Waals surface area contributed by atoms with Gasteiger partial charge >= 0.3 is 6.18 Å². The number of aryl methyl sites for hydroxylation is 1. The lowest BCUT2D eigenvalue weighted by Gasteiger charge is -2.38. The van der Waals surface area contributed by atoms with Crippen molar-refractivity contribution in [1.29, 1.82) is 0 Å². The van der Waals surface area contributed by atoms with E-state index in [0.29, 0.717) is 30.3 Å². The number of carbonyl (C=O) groups excluding carboxylic acids is 1. The summed E-state index contributed by atoms with van der Waals surface area (Å²) in [5.74, 6) is 0.829. The fraction of sp³-hybridized carbons (Fsp3) is 0.500. The predicted octanol–water partition coefficient (Wildman–Crippen LogP) is 3.60. The fourth-order valence-corrected chi connectivity index (χ4v) is 3.72. The second-order valence-corrected chi connectivity index (χ2v) is 8.06. The molecular formula is C22H28F3N5O2. The lowest BCUT2D eigenvalue weighted by molar-refractivity contribution is -0.152. The predicted molar refractivity (Wildman–Crippen MR) is 118 cm³/mol. The molecule has 0 radical (unpaired) electrons. The average Bonchev–Trinajstić information content (AvgIpc) is 3.58. The number of halogens is 3. The number of carbonyl (C=O) groups is 1. The molecule has 2 fully saturated rings. The molecule has 0 bridgehead atoms. The Balaban J connectivity index is 0.000000416. The number of aromatic amines is 1. The summed E-state index contributed by atoms with van der Waals surface area (Å²) in [6, 6.07) is 3.76.